The van der Waals surface area contributed by atoms with E-state index < -0.39 is 63.8 Å². The van der Waals surface area contributed by atoms with Gasteiger partial charge in [-0.25, -0.2) is 9.59 Å². The SMILES string of the molecule is CC(F)(F)C(=O)OCC12CC3CC(C1)CC(OC(=O)Oc1c(F)c(F)c(O)c(F)c1F)(C3)C2. The van der Waals surface area contributed by atoms with Crippen LogP contribution in [0.4, 0.5) is 31.1 Å². The van der Waals surface area contributed by atoms with Crippen LogP contribution in [0.25, 0.3) is 0 Å². The first-order chi connectivity index (χ1) is 15.2. The summed E-state index contributed by atoms with van der Waals surface area (Å²) in [5.74, 6) is -17.4. The Morgan fingerprint density at radius 3 is 2.06 bits per heavy atom. The number of hydrogen-bond acceptors (Lipinski definition) is 6. The molecule has 4 saturated carbocycles. The lowest BCUT2D eigenvalue weighted by Crippen LogP contribution is -2.59. The molecule has 0 amide bonds. The van der Waals surface area contributed by atoms with E-state index in [1.165, 1.54) is 0 Å². The molecule has 4 fully saturated rings. The predicted octanol–water partition coefficient (Wildman–Crippen LogP) is 5.00. The van der Waals surface area contributed by atoms with Gasteiger partial charge in [-0.15, -0.1) is 0 Å². The average Bonchev–Trinajstić information content (AvgIpc) is 2.70. The Morgan fingerprint density at radius 1 is 1.00 bits per heavy atom. The summed E-state index contributed by atoms with van der Waals surface area (Å²) in [6, 6.07) is 0. The molecule has 4 aliphatic rings. The van der Waals surface area contributed by atoms with E-state index in [4.69, 9.17) is 14.6 Å². The molecule has 12 heteroatoms. The molecule has 1 N–H and O–H groups in total. The molecule has 0 aromatic heterocycles. The van der Waals surface area contributed by atoms with Crippen LogP contribution in [-0.4, -0.2) is 35.4 Å². The Kier molecular flexibility index (Phi) is 5.48. The van der Waals surface area contributed by atoms with E-state index in [0.717, 1.165) is 6.42 Å². The third kappa shape index (κ3) is 4.19. The Balaban J connectivity index is 1.51. The van der Waals surface area contributed by atoms with E-state index in [1.54, 1.807) is 0 Å². The van der Waals surface area contributed by atoms with Gasteiger partial charge in [0.05, 0.1) is 6.61 Å². The Morgan fingerprint density at radius 2 is 1.55 bits per heavy atom. The minimum atomic E-state index is -3.66. The molecule has 6 nitrogen and oxygen atoms in total. The van der Waals surface area contributed by atoms with E-state index in [9.17, 15) is 35.9 Å². The van der Waals surface area contributed by atoms with E-state index in [-0.39, 0.29) is 24.9 Å². The normalized spacial score (nSPS) is 30.3. The molecule has 2 atom stereocenters. The molecule has 4 bridgehead atoms. The second-order valence-corrected chi connectivity index (χ2v) is 9.50. The molecule has 4 aliphatic carbocycles. The fourth-order valence-electron chi connectivity index (χ4n) is 5.97. The second-order valence-electron chi connectivity index (χ2n) is 9.50. The van der Waals surface area contributed by atoms with E-state index >= 15 is 0 Å². The van der Waals surface area contributed by atoms with Crippen LogP contribution in [0.15, 0.2) is 0 Å². The number of phenols is 1. The van der Waals surface area contributed by atoms with Crippen LogP contribution >= 0.6 is 0 Å². The number of phenolic OH excluding ortho intramolecular Hbond substituents is 1. The predicted molar refractivity (Wildman–Crippen MR) is 96.5 cm³/mol. The number of esters is 1. The molecule has 182 valence electrons. The highest BCUT2D eigenvalue weighted by molar-refractivity contribution is 5.76. The summed E-state index contributed by atoms with van der Waals surface area (Å²) >= 11 is 0. The first-order valence-electron chi connectivity index (χ1n) is 10.2. The monoisotopic (exact) mass is 482 g/mol. The molecule has 0 heterocycles. The molecule has 1 aromatic carbocycles. The third-order valence-electron chi connectivity index (χ3n) is 6.68. The van der Waals surface area contributed by atoms with Crippen LogP contribution in [0, 0.1) is 40.5 Å². The van der Waals surface area contributed by atoms with Gasteiger partial charge in [0.1, 0.15) is 5.60 Å². The maximum atomic E-state index is 13.9. The number of carbonyl (C=O) groups excluding carboxylic acids is 2. The van der Waals surface area contributed by atoms with Crippen LogP contribution in [0.5, 0.6) is 11.5 Å². The summed E-state index contributed by atoms with van der Waals surface area (Å²) < 4.78 is 95.9. The first kappa shape index (κ1) is 23.5. The summed E-state index contributed by atoms with van der Waals surface area (Å²) in [6.45, 7) is 0.114. The van der Waals surface area contributed by atoms with Gasteiger partial charge in [0.2, 0.25) is 29.0 Å². The summed E-state index contributed by atoms with van der Waals surface area (Å²) in [5, 5.41) is 9.02. The summed E-state index contributed by atoms with van der Waals surface area (Å²) in [4.78, 5) is 23.9. The Bertz CT molecular complexity index is 963. The second kappa shape index (κ2) is 7.69. The molecule has 2 unspecified atom stereocenters. The largest absolute Gasteiger partial charge is 0.514 e. The molecule has 1 aromatic rings. The van der Waals surface area contributed by atoms with Crippen molar-refractivity contribution in [2.24, 2.45) is 17.3 Å². The smallest absolute Gasteiger partial charge is 0.503 e. The maximum Gasteiger partial charge on any atom is 0.514 e. The number of ether oxygens (including phenoxy) is 3. The highest BCUT2D eigenvalue weighted by Crippen LogP contribution is 2.63. The quantitative estimate of drug-likeness (QED) is 0.275. The van der Waals surface area contributed by atoms with E-state index in [0.29, 0.717) is 32.6 Å². The number of alkyl halides is 2. The number of rotatable bonds is 5. The van der Waals surface area contributed by atoms with Gasteiger partial charge in [-0.2, -0.15) is 26.3 Å². The van der Waals surface area contributed by atoms with Gasteiger partial charge in [-0.05, 0) is 50.4 Å². The van der Waals surface area contributed by atoms with E-state index in [1.807, 2.05) is 0 Å². The molecule has 0 aliphatic heterocycles. The van der Waals surface area contributed by atoms with Crippen LogP contribution in [0.1, 0.15) is 45.4 Å². The highest BCUT2D eigenvalue weighted by Gasteiger charge is 2.60. The van der Waals surface area contributed by atoms with Crippen molar-refractivity contribution in [1.29, 1.82) is 0 Å². The van der Waals surface area contributed by atoms with Crippen LogP contribution < -0.4 is 4.74 Å². The third-order valence-corrected chi connectivity index (χ3v) is 6.68. The lowest BCUT2D eigenvalue weighted by atomic mass is 9.48. The van der Waals surface area contributed by atoms with Gasteiger partial charge in [0.15, 0.2) is 5.75 Å². The van der Waals surface area contributed by atoms with Crippen molar-refractivity contribution in [1.82, 2.24) is 0 Å². The van der Waals surface area contributed by atoms with Crippen LogP contribution in [-0.2, 0) is 14.3 Å². The zero-order valence-corrected chi connectivity index (χ0v) is 17.4. The number of hydrogen-bond donors (Lipinski definition) is 1. The fraction of sp³-hybridized carbons (Fsp3) is 0.619. The number of halogens is 6. The minimum Gasteiger partial charge on any atom is -0.503 e. The van der Waals surface area contributed by atoms with Gasteiger partial charge in [-0.1, -0.05) is 0 Å². The van der Waals surface area contributed by atoms with Crippen molar-refractivity contribution in [3.63, 3.8) is 0 Å². The standard InChI is InChI=1S/C21H20F6O6/c1-19(26,27)17(29)31-8-20-3-9-2-10(4-20)6-21(5-9,7-20)33-18(30)32-16-13(24)11(22)15(28)12(23)14(16)25/h9-10,28H,2-8H2,1H3. The van der Waals surface area contributed by atoms with Crippen molar-refractivity contribution < 1.29 is 55.2 Å². The Hall–Kier alpha value is -2.66. The molecule has 5 rings (SSSR count). The molecule has 0 saturated heterocycles. The minimum absolute atomic E-state index is 0.0249. The fourth-order valence-corrected chi connectivity index (χ4v) is 5.97. The van der Waals surface area contributed by atoms with Crippen molar-refractivity contribution in [2.75, 3.05) is 6.61 Å². The summed E-state index contributed by atoms with van der Waals surface area (Å²) in [7, 11) is 0. The molecular weight excluding hydrogens is 462 g/mol. The average molecular weight is 482 g/mol. The van der Waals surface area contributed by atoms with Gasteiger partial charge in [-0.3, -0.25) is 0 Å². The highest BCUT2D eigenvalue weighted by atomic mass is 19.3. The van der Waals surface area contributed by atoms with E-state index in [2.05, 4.69) is 4.74 Å². The van der Waals surface area contributed by atoms with Gasteiger partial charge in [0, 0.05) is 12.3 Å². The number of benzene rings is 1. The summed E-state index contributed by atoms with van der Waals surface area (Å²) in [6.07, 6.45) is 1.15. The van der Waals surface area contributed by atoms with Crippen molar-refractivity contribution in [2.45, 2.75) is 57.0 Å². The van der Waals surface area contributed by atoms with Crippen molar-refractivity contribution in [3.8, 4) is 11.5 Å². The molecule has 0 spiro atoms. The molecular formula is C21H20F6O6. The lowest BCUT2D eigenvalue weighted by molar-refractivity contribution is -0.199. The zero-order valence-electron chi connectivity index (χ0n) is 17.4. The molecule has 0 radical (unpaired) electrons. The summed E-state index contributed by atoms with van der Waals surface area (Å²) in [5.41, 5.74) is -1.90. The molecule has 33 heavy (non-hydrogen) atoms. The van der Waals surface area contributed by atoms with Crippen LogP contribution in [0.2, 0.25) is 0 Å². The lowest BCUT2D eigenvalue weighted by Gasteiger charge is -2.60. The van der Waals surface area contributed by atoms with Gasteiger partial charge < -0.3 is 19.3 Å². The maximum absolute atomic E-state index is 13.9. The van der Waals surface area contributed by atoms with Gasteiger partial charge >= 0.3 is 18.0 Å². The Labute approximate surface area is 183 Å². The number of aromatic hydroxyl groups is 1. The van der Waals surface area contributed by atoms with Crippen LogP contribution in [0.3, 0.4) is 0 Å². The number of carbonyl (C=O) groups is 2. The van der Waals surface area contributed by atoms with Crippen molar-refractivity contribution >= 4 is 12.1 Å². The zero-order chi connectivity index (χ0) is 24.3. The first-order valence-corrected chi connectivity index (χ1v) is 10.2. The van der Waals surface area contributed by atoms with Gasteiger partial charge in [0.25, 0.3) is 0 Å². The topological polar surface area (TPSA) is 82.1 Å². The van der Waals surface area contributed by atoms with Crippen molar-refractivity contribution in [3.05, 3.63) is 23.3 Å².